The number of carbonyl (C=O) groups is 2. The van der Waals surface area contributed by atoms with E-state index in [0.717, 1.165) is 11.8 Å². The van der Waals surface area contributed by atoms with E-state index in [1.807, 2.05) is 31.2 Å². The number of rotatable bonds is 7. The summed E-state index contributed by atoms with van der Waals surface area (Å²) in [6.45, 7) is 4.13. The smallest absolute Gasteiger partial charge is 0.344 e. The van der Waals surface area contributed by atoms with Crippen molar-refractivity contribution in [3.8, 4) is 11.5 Å². The molecule has 3 rings (SSSR count). The Hall–Kier alpha value is -3.52. The van der Waals surface area contributed by atoms with E-state index in [4.69, 9.17) is 14.2 Å². The molecule has 1 amide bonds. The third kappa shape index (κ3) is 5.20. The summed E-state index contributed by atoms with van der Waals surface area (Å²) in [5, 5.41) is 10.9. The first-order valence-electron chi connectivity index (χ1n) is 9.98. The van der Waals surface area contributed by atoms with E-state index in [-0.39, 0.29) is 23.0 Å². The van der Waals surface area contributed by atoms with Crippen LogP contribution in [0.1, 0.15) is 29.8 Å². The second-order valence-corrected chi connectivity index (χ2v) is 7.51. The normalized spacial score (nSPS) is 15.8. The van der Waals surface area contributed by atoms with Gasteiger partial charge in [0.25, 0.3) is 5.91 Å². The van der Waals surface area contributed by atoms with Gasteiger partial charge in [0.05, 0.1) is 25.2 Å². The van der Waals surface area contributed by atoms with Crippen LogP contribution in [0.15, 0.2) is 69.8 Å². The molecule has 0 bridgehead atoms. The Kier molecular flexibility index (Phi) is 7.72. The van der Waals surface area contributed by atoms with Crippen LogP contribution in [-0.2, 0) is 9.53 Å². The lowest BCUT2D eigenvalue weighted by atomic mass is 10.1. The van der Waals surface area contributed by atoms with Crippen LogP contribution < -0.4 is 9.47 Å². The van der Waals surface area contributed by atoms with Crippen molar-refractivity contribution >= 4 is 34.8 Å². The molecule has 0 unspecified atom stereocenters. The Balaban J connectivity index is 2.00. The highest BCUT2D eigenvalue weighted by molar-refractivity contribution is 8.18. The summed E-state index contributed by atoms with van der Waals surface area (Å²) >= 11 is 1.02. The zero-order chi connectivity index (χ0) is 23.1. The summed E-state index contributed by atoms with van der Waals surface area (Å²) in [6, 6.07) is 13.8. The molecule has 1 heterocycles. The number of hydrogen-bond acceptors (Lipinski definition) is 7. The van der Waals surface area contributed by atoms with Gasteiger partial charge in [0.15, 0.2) is 0 Å². The number of benzene rings is 2. The molecule has 2 aromatic carbocycles. The first kappa shape index (κ1) is 23.1. The highest BCUT2D eigenvalue weighted by Gasteiger charge is 2.34. The van der Waals surface area contributed by atoms with E-state index in [0.29, 0.717) is 34.1 Å². The van der Waals surface area contributed by atoms with Gasteiger partial charge in [-0.2, -0.15) is 0 Å². The average Bonchev–Trinajstić information content (AvgIpc) is 3.10. The summed E-state index contributed by atoms with van der Waals surface area (Å²) in [5.41, 5.74) is 0.897. The first-order valence-corrected chi connectivity index (χ1v) is 10.8. The Bertz CT molecular complexity index is 1100. The summed E-state index contributed by atoms with van der Waals surface area (Å²) in [4.78, 5) is 29.7. The predicted octanol–water partition coefficient (Wildman–Crippen LogP) is 4.80. The van der Waals surface area contributed by atoms with Crippen LogP contribution >= 0.6 is 11.8 Å². The molecule has 7 nitrogen and oxygen atoms in total. The van der Waals surface area contributed by atoms with Gasteiger partial charge in [-0.3, -0.25) is 4.79 Å². The standard InChI is InChI=1S/C24H23NO6S/c1-4-30-18-9-7-6-8-16(18)14-19-21(26)20(24(28)31-5-2)23(32-19)25-22(27)15-10-12-17(29-3)13-11-15/h6-14,26H,4-5H2,1-3H3/b19-14+,25-23?. The molecular formula is C24H23NO6S. The molecule has 0 aliphatic carbocycles. The zero-order valence-electron chi connectivity index (χ0n) is 18.0. The van der Waals surface area contributed by atoms with Gasteiger partial charge < -0.3 is 19.3 Å². The maximum Gasteiger partial charge on any atom is 0.344 e. The fourth-order valence-corrected chi connectivity index (χ4v) is 3.91. The molecule has 166 valence electrons. The maximum absolute atomic E-state index is 12.7. The Morgan fingerprint density at radius 2 is 1.78 bits per heavy atom. The summed E-state index contributed by atoms with van der Waals surface area (Å²) in [6.07, 6.45) is 1.69. The van der Waals surface area contributed by atoms with Crippen molar-refractivity contribution < 1.29 is 28.9 Å². The largest absolute Gasteiger partial charge is 0.506 e. The Morgan fingerprint density at radius 3 is 2.44 bits per heavy atom. The van der Waals surface area contributed by atoms with Gasteiger partial charge in [-0.25, -0.2) is 9.79 Å². The Labute approximate surface area is 190 Å². The molecule has 0 saturated heterocycles. The molecule has 1 N–H and O–H groups in total. The fraction of sp³-hybridized carbons (Fsp3) is 0.208. The van der Waals surface area contributed by atoms with Crippen LogP contribution in [0, 0.1) is 0 Å². The van der Waals surface area contributed by atoms with Crippen molar-refractivity contribution in [3.05, 3.63) is 75.9 Å². The molecule has 1 aliphatic heterocycles. The number of carbonyl (C=O) groups excluding carboxylic acids is 2. The second kappa shape index (κ2) is 10.7. The maximum atomic E-state index is 12.7. The molecule has 2 aromatic rings. The lowest BCUT2D eigenvalue weighted by molar-refractivity contribution is -0.138. The monoisotopic (exact) mass is 453 g/mol. The third-order valence-electron chi connectivity index (χ3n) is 4.42. The number of hydrogen-bond donors (Lipinski definition) is 1. The number of aliphatic hydroxyl groups excluding tert-OH is 1. The lowest BCUT2D eigenvalue weighted by Crippen LogP contribution is -2.14. The number of esters is 1. The van der Waals surface area contributed by atoms with E-state index < -0.39 is 11.9 Å². The number of amides is 1. The van der Waals surface area contributed by atoms with Gasteiger partial charge in [-0.1, -0.05) is 30.0 Å². The van der Waals surface area contributed by atoms with E-state index in [1.165, 1.54) is 7.11 Å². The zero-order valence-corrected chi connectivity index (χ0v) is 18.8. The number of aliphatic hydroxyl groups is 1. The summed E-state index contributed by atoms with van der Waals surface area (Å²) < 4.78 is 15.8. The molecular weight excluding hydrogens is 430 g/mol. The molecule has 0 radical (unpaired) electrons. The van der Waals surface area contributed by atoms with Crippen molar-refractivity contribution in [1.82, 2.24) is 0 Å². The number of para-hydroxylation sites is 1. The van der Waals surface area contributed by atoms with Crippen LogP contribution in [0.25, 0.3) is 6.08 Å². The molecule has 0 spiro atoms. The highest BCUT2D eigenvalue weighted by atomic mass is 32.2. The van der Waals surface area contributed by atoms with E-state index in [2.05, 4.69) is 4.99 Å². The SMILES string of the molecule is CCOC(=O)C1=C(O)/C(=C\c2ccccc2OCC)SC1=NC(=O)c1ccc(OC)cc1. The van der Waals surface area contributed by atoms with Crippen LogP contribution in [0.5, 0.6) is 11.5 Å². The number of methoxy groups -OCH3 is 1. The van der Waals surface area contributed by atoms with Crippen molar-refractivity contribution in [2.24, 2.45) is 4.99 Å². The van der Waals surface area contributed by atoms with Crippen LogP contribution in [0.2, 0.25) is 0 Å². The summed E-state index contributed by atoms with van der Waals surface area (Å²) in [5.74, 6) is -0.359. The van der Waals surface area contributed by atoms with E-state index in [9.17, 15) is 14.7 Å². The van der Waals surface area contributed by atoms with Gasteiger partial charge in [0.2, 0.25) is 0 Å². The quantitative estimate of drug-likeness (QED) is 0.602. The lowest BCUT2D eigenvalue weighted by Gasteiger charge is -2.07. The minimum atomic E-state index is -0.750. The minimum Gasteiger partial charge on any atom is -0.506 e. The summed E-state index contributed by atoms with van der Waals surface area (Å²) in [7, 11) is 1.53. The molecule has 0 aromatic heterocycles. The molecule has 8 heteroatoms. The fourth-order valence-electron chi connectivity index (χ4n) is 2.91. The first-order chi connectivity index (χ1) is 15.5. The average molecular weight is 454 g/mol. The van der Waals surface area contributed by atoms with Crippen LogP contribution in [0.3, 0.4) is 0 Å². The number of thioether (sulfide) groups is 1. The van der Waals surface area contributed by atoms with Gasteiger partial charge in [0.1, 0.15) is 27.9 Å². The number of ether oxygens (including phenoxy) is 3. The topological polar surface area (TPSA) is 94.4 Å². The van der Waals surface area contributed by atoms with Gasteiger partial charge in [-0.05, 0) is 50.3 Å². The predicted molar refractivity (Wildman–Crippen MR) is 124 cm³/mol. The van der Waals surface area contributed by atoms with Gasteiger partial charge in [-0.15, -0.1) is 0 Å². The van der Waals surface area contributed by atoms with E-state index >= 15 is 0 Å². The number of aliphatic imine (C=N–C) groups is 1. The highest BCUT2D eigenvalue weighted by Crippen LogP contribution is 2.40. The molecule has 0 atom stereocenters. The molecule has 0 saturated carbocycles. The van der Waals surface area contributed by atoms with Crippen LogP contribution in [0.4, 0.5) is 0 Å². The van der Waals surface area contributed by atoms with Crippen molar-refractivity contribution in [2.75, 3.05) is 20.3 Å². The second-order valence-electron chi connectivity index (χ2n) is 6.48. The van der Waals surface area contributed by atoms with Crippen molar-refractivity contribution in [3.63, 3.8) is 0 Å². The van der Waals surface area contributed by atoms with Gasteiger partial charge in [0, 0.05) is 11.1 Å². The van der Waals surface area contributed by atoms with Crippen LogP contribution in [-0.4, -0.2) is 42.4 Å². The minimum absolute atomic E-state index is 0.0712. The molecule has 32 heavy (non-hydrogen) atoms. The Morgan fingerprint density at radius 1 is 1.06 bits per heavy atom. The third-order valence-corrected chi connectivity index (χ3v) is 5.44. The van der Waals surface area contributed by atoms with E-state index in [1.54, 1.807) is 37.3 Å². The van der Waals surface area contributed by atoms with Crippen molar-refractivity contribution in [2.45, 2.75) is 13.8 Å². The number of nitrogens with zero attached hydrogens (tertiary/aromatic N) is 1. The molecule has 1 aliphatic rings. The van der Waals surface area contributed by atoms with Crippen molar-refractivity contribution in [1.29, 1.82) is 0 Å². The van der Waals surface area contributed by atoms with Gasteiger partial charge >= 0.3 is 5.97 Å². The molecule has 0 fully saturated rings.